The van der Waals surface area contributed by atoms with Gasteiger partial charge in [-0.1, -0.05) is 18.2 Å². The number of benzene rings is 1. The third kappa shape index (κ3) is 1.85. The molecule has 14 heavy (non-hydrogen) atoms. The summed E-state index contributed by atoms with van der Waals surface area (Å²) in [5.41, 5.74) is 0. The smallest absolute Gasteiger partial charge is 0.225 e. The third-order valence-corrected chi connectivity index (χ3v) is 3.57. The maximum Gasteiger partial charge on any atom is 0.225 e. The molecular weight excluding hydrogens is 198 g/mol. The molecule has 1 amide bonds. The Hall–Kier alpha value is -1.16. The maximum absolute atomic E-state index is 11.7. The lowest BCUT2D eigenvalue weighted by atomic mass is 10.2. The van der Waals surface area contributed by atoms with Crippen LogP contribution >= 0.6 is 0 Å². The van der Waals surface area contributed by atoms with Crippen LogP contribution in [-0.4, -0.2) is 27.4 Å². The number of β-lactam (4-membered cyclic amide) rings is 1. The lowest BCUT2D eigenvalue weighted by Gasteiger charge is -2.29. The molecular formula is C10H11NO2S. The molecule has 0 aromatic heterocycles. The molecule has 0 aliphatic carbocycles. The van der Waals surface area contributed by atoms with Gasteiger partial charge in [-0.05, 0) is 12.1 Å². The van der Waals surface area contributed by atoms with Crippen LogP contribution in [0.5, 0.6) is 0 Å². The number of hydrogen-bond acceptors (Lipinski definition) is 2. The molecule has 0 unspecified atom stereocenters. The number of nitrogens with zero attached hydrogens (tertiary/aromatic N) is 1. The molecule has 1 aromatic carbocycles. The monoisotopic (exact) mass is 209 g/mol. The van der Waals surface area contributed by atoms with Gasteiger partial charge in [0.15, 0.2) is 0 Å². The van der Waals surface area contributed by atoms with Crippen molar-refractivity contribution >= 4 is 16.7 Å². The average molecular weight is 209 g/mol. The number of hydrogen-bond donors (Lipinski definition) is 0. The number of carbonyl (C=O) groups is 1. The van der Waals surface area contributed by atoms with Crippen LogP contribution in [0.4, 0.5) is 0 Å². The topological polar surface area (TPSA) is 37.4 Å². The van der Waals surface area contributed by atoms with Crippen LogP contribution in [0.3, 0.4) is 0 Å². The van der Waals surface area contributed by atoms with Gasteiger partial charge in [0.1, 0.15) is 5.88 Å². The maximum atomic E-state index is 11.7. The molecule has 0 spiro atoms. The minimum Gasteiger partial charge on any atom is -0.330 e. The minimum absolute atomic E-state index is 0.106. The Kier molecular flexibility index (Phi) is 2.63. The van der Waals surface area contributed by atoms with E-state index in [0.717, 1.165) is 11.4 Å². The van der Waals surface area contributed by atoms with E-state index in [1.165, 1.54) is 0 Å². The van der Waals surface area contributed by atoms with E-state index in [0.29, 0.717) is 12.3 Å². The Morgan fingerprint density at radius 3 is 2.50 bits per heavy atom. The molecule has 1 aliphatic rings. The molecule has 1 saturated heterocycles. The fraction of sp³-hybridized carbons (Fsp3) is 0.300. The second kappa shape index (κ2) is 3.92. The van der Waals surface area contributed by atoms with Gasteiger partial charge in [0.2, 0.25) is 5.91 Å². The summed E-state index contributed by atoms with van der Waals surface area (Å²) in [7, 11) is -1.08. The van der Waals surface area contributed by atoms with Gasteiger partial charge in [-0.25, -0.2) is 0 Å². The van der Waals surface area contributed by atoms with Crippen LogP contribution in [0.1, 0.15) is 6.42 Å². The number of likely N-dealkylation sites (tertiary alicyclic amines) is 1. The Bertz CT molecular complexity index is 364. The van der Waals surface area contributed by atoms with Crippen molar-refractivity contribution in [2.45, 2.75) is 11.3 Å². The van der Waals surface area contributed by atoms with Crippen LogP contribution in [-0.2, 0) is 15.6 Å². The first-order valence-corrected chi connectivity index (χ1v) is 5.80. The average Bonchev–Trinajstić information content (AvgIpc) is 2.24. The van der Waals surface area contributed by atoms with Gasteiger partial charge < -0.3 is 4.90 Å². The van der Waals surface area contributed by atoms with E-state index in [1.807, 2.05) is 30.3 Å². The first-order chi connectivity index (χ1) is 6.77. The van der Waals surface area contributed by atoms with Crippen molar-refractivity contribution in [3.63, 3.8) is 0 Å². The van der Waals surface area contributed by atoms with Gasteiger partial charge in [-0.2, -0.15) is 0 Å². The molecule has 0 N–H and O–H groups in total. The molecule has 4 heteroatoms. The molecule has 2 rings (SSSR count). The van der Waals surface area contributed by atoms with Crippen LogP contribution in [0.25, 0.3) is 0 Å². The lowest BCUT2D eigenvalue weighted by molar-refractivity contribution is -0.138. The second-order valence-electron chi connectivity index (χ2n) is 3.19. The highest BCUT2D eigenvalue weighted by Gasteiger charge is 2.25. The van der Waals surface area contributed by atoms with Crippen molar-refractivity contribution in [1.82, 2.24) is 4.90 Å². The van der Waals surface area contributed by atoms with Crippen molar-refractivity contribution in [3.05, 3.63) is 30.3 Å². The number of carbonyl (C=O) groups excluding carboxylic acids is 1. The van der Waals surface area contributed by atoms with Gasteiger partial charge in [-0.3, -0.25) is 9.00 Å². The molecule has 0 radical (unpaired) electrons. The molecule has 1 heterocycles. The first-order valence-electron chi connectivity index (χ1n) is 4.48. The standard InChI is InChI=1S/C10H11NO2S/c12-10-6-7-11(10)8-14(13)9-4-2-1-3-5-9/h1-5H,6-8H2/t14-/m0/s1. The molecule has 3 nitrogen and oxygen atoms in total. The molecule has 0 saturated carbocycles. The van der Waals surface area contributed by atoms with Crippen LogP contribution in [0.15, 0.2) is 35.2 Å². The highest BCUT2D eigenvalue weighted by atomic mass is 32.2. The zero-order valence-corrected chi connectivity index (χ0v) is 8.50. The fourth-order valence-corrected chi connectivity index (χ4v) is 2.45. The summed E-state index contributed by atoms with van der Waals surface area (Å²) in [4.78, 5) is 13.4. The Morgan fingerprint density at radius 2 is 2.00 bits per heavy atom. The summed E-state index contributed by atoms with van der Waals surface area (Å²) in [6.07, 6.45) is 0.603. The quantitative estimate of drug-likeness (QED) is 0.696. The fourth-order valence-electron chi connectivity index (χ4n) is 1.29. The van der Waals surface area contributed by atoms with Gasteiger partial charge in [0, 0.05) is 17.9 Å². The van der Waals surface area contributed by atoms with Gasteiger partial charge in [0.25, 0.3) is 0 Å². The number of amides is 1. The van der Waals surface area contributed by atoms with Crippen molar-refractivity contribution in [2.75, 3.05) is 12.4 Å². The van der Waals surface area contributed by atoms with Crippen molar-refractivity contribution in [3.8, 4) is 0 Å². The molecule has 74 valence electrons. The van der Waals surface area contributed by atoms with Gasteiger partial charge in [-0.15, -0.1) is 0 Å². The zero-order chi connectivity index (χ0) is 9.97. The van der Waals surface area contributed by atoms with E-state index in [-0.39, 0.29) is 5.91 Å². The van der Waals surface area contributed by atoms with Crippen molar-refractivity contribution in [2.24, 2.45) is 0 Å². The molecule has 1 aromatic rings. The summed E-state index contributed by atoms with van der Waals surface area (Å²) in [5, 5.41) is 0. The lowest BCUT2D eigenvalue weighted by Crippen LogP contribution is -2.44. The van der Waals surface area contributed by atoms with Crippen LogP contribution in [0.2, 0.25) is 0 Å². The van der Waals surface area contributed by atoms with E-state index < -0.39 is 10.8 Å². The minimum atomic E-state index is -1.08. The third-order valence-electron chi connectivity index (χ3n) is 2.23. The van der Waals surface area contributed by atoms with Gasteiger partial charge in [0.05, 0.1) is 10.8 Å². The predicted molar refractivity (Wildman–Crippen MR) is 54.0 cm³/mol. The predicted octanol–water partition coefficient (Wildman–Crippen LogP) is 0.984. The molecule has 0 bridgehead atoms. The second-order valence-corrected chi connectivity index (χ2v) is 4.62. The van der Waals surface area contributed by atoms with E-state index >= 15 is 0 Å². The number of rotatable bonds is 3. The van der Waals surface area contributed by atoms with Crippen LogP contribution in [0, 0.1) is 0 Å². The SMILES string of the molecule is O=C1CCN1C[S@](=O)c1ccccc1. The van der Waals surface area contributed by atoms with E-state index in [4.69, 9.17) is 0 Å². The summed E-state index contributed by atoms with van der Waals surface area (Å²) in [6, 6.07) is 9.23. The molecule has 1 fully saturated rings. The normalized spacial score (nSPS) is 17.7. The largest absolute Gasteiger partial charge is 0.330 e. The molecule has 1 atom stereocenters. The van der Waals surface area contributed by atoms with E-state index in [2.05, 4.69) is 0 Å². The summed E-state index contributed by atoms with van der Waals surface area (Å²) < 4.78 is 11.7. The first kappa shape index (κ1) is 9.40. The van der Waals surface area contributed by atoms with Crippen molar-refractivity contribution < 1.29 is 9.00 Å². The zero-order valence-electron chi connectivity index (χ0n) is 7.68. The Balaban J connectivity index is 1.99. The van der Waals surface area contributed by atoms with Crippen molar-refractivity contribution in [1.29, 1.82) is 0 Å². The Labute approximate surface area is 85.2 Å². The van der Waals surface area contributed by atoms with E-state index in [9.17, 15) is 9.00 Å². The van der Waals surface area contributed by atoms with E-state index in [1.54, 1.807) is 4.90 Å². The Morgan fingerprint density at radius 1 is 1.29 bits per heavy atom. The van der Waals surface area contributed by atoms with Gasteiger partial charge >= 0.3 is 0 Å². The molecule has 1 aliphatic heterocycles. The summed E-state index contributed by atoms with van der Waals surface area (Å²) >= 11 is 0. The highest BCUT2D eigenvalue weighted by molar-refractivity contribution is 7.85. The highest BCUT2D eigenvalue weighted by Crippen LogP contribution is 2.13. The summed E-state index contributed by atoms with van der Waals surface area (Å²) in [5.74, 6) is 0.442. The van der Waals surface area contributed by atoms with Crippen LogP contribution < -0.4 is 0 Å². The summed E-state index contributed by atoms with van der Waals surface area (Å²) in [6.45, 7) is 0.747.